The molecule has 122 valence electrons. The fourth-order valence-electron chi connectivity index (χ4n) is 2.31. The summed E-state index contributed by atoms with van der Waals surface area (Å²) in [6.45, 7) is 1.43. The summed E-state index contributed by atoms with van der Waals surface area (Å²) < 4.78 is 30.2. The largest absolute Gasteiger partial charge is 0.454 e. The topological polar surface area (TPSA) is 100 Å². The molecule has 0 aliphatic carbocycles. The number of furan rings is 1. The molecular formula is C15H18N4O3S. The molecule has 3 rings (SSSR count). The molecule has 3 N–H and O–H groups in total. The number of aromatic nitrogens is 2. The quantitative estimate of drug-likeness (QED) is 0.568. The van der Waals surface area contributed by atoms with Crippen molar-refractivity contribution in [1.29, 1.82) is 0 Å². The number of rotatable bonds is 7. The van der Waals surface area contributed by atoms with Crippen molar-refractivity contribution < 1.29 is 12.8 Å². The zero-order valence-corrected chi connectivity index (χ0v) is 13.5. The molecule has 0 saturated carbocycles. The molecule has 0 radical (unpaired) electrons. The number of sulfonamides is 1. The van der Waals surface area contributed by atoms with Crippen molar-refractivity contribution in [1.82, 2.24) is 20.2 Å². The molecule has 0 fully saturated rings. The standard InChI is InChI=1S/C15H18N4O3S/c1-23(20,21)18-7-6-16-9-12-10-17-19-15(12)14-8-11-4-2-3-5-13(11)22-14/h2-5,8,10,16,18H,6-7,9H2,1H3,(H,17,19). The molecule has 0 atom stereocenters. The van der Waals surface area contributed by atoms with E-state index in [1.165, 1.54) is 0 Å². The Balaban J connectivity index is 1.65. The third-order valence-electron chi connectivity index (χ3n) is 3.37. The number of para-hydroxylation sites is 1. The Kier molecular flexibility index (Phi) is 4.46. The van der Waals surface area contributed by atoms with Crippen molar-refractivity contribution in [2.24, 2.45) is 0 Å². The summed E-state index contributed by atoms with van der Waals surface area (Å²) in [4.78, 5) is 0. The maximum Gasteiger partial charge on any atom is 0.208 e. The summed E-state index contributed by atoms with van der Waals surface area (Å²) >= 11 is 0. The Morgan fingerprint density at radius 1 is 1.26 bits per heavy atom. The van der Waals surface area contributed by atoms with Gasteiger partial charge < -0.3 is 9.73 Å². The van der Waals surface area contributed by atoms with E-state index in [1.54, 1.807) is 6.20 Å². The van der Waals surface area contributed by atoms with E-state index < -0.39 is 10.0 Å². The summed E-state index contributed by atoms with van der Waals surface area (Å²) in [7, 11) is -3.15. The average molecular weight is 334 g/mol. The number of H-pyrrole nitrogens is 1. The van der Waals surface area contributed by atoms with Crippen LogP contribution in [0.3, 0.4) is 0 Å². The van der Waals surface area contributed by atoms with Gasteiger partial charge in [0.25, 0.3) is 0 Å². The van der Waals surface area contributed by atoms with Crippen LogP contribution in [0.15, 0.2) is 40.9 Å². The molecule has 2 heterocycles. The third kappa shape index (κ3) is 3.98. The fraction of sp³-hybridized carbons (Fsp3) is 0.267. The molecule has 0 saturated heterocycles. The van der Waals surface area contributed by atoms with Gasteiger partial charge in [-0.2, -0.15) is 5.10 Å². The lowest BCUT2D eigenvalue weighted by Gasteiger charge is -2.05. The van der Waals surface area contributed by atoms with Crippen molar-refractivity contribution >= 4 is 21.0 Å². The number of fused-ring (bicyclic) bond motifs is 1. The molecule has 3 aromatic rings. The monoisotopic (exact) mass is 334 g/mol. The zero-order valence-electron chi connectivity index (χ0n) is 12.7. The number of aromatic amines is 1. The maximum atomic E-state index is 11.0. The van der Waals surface area contributed by atoms with Gasteiger partial charge >= 0.3 is 0 Å². The van der Waals surface area contributed by atoms with Gasteiger partial charge in [-0.15, -0.1) is 0 Å². The second-order valence-electron chi connectivity index (χ2n) is 5.26. The van der Waals surface area contributed by atoms with Crippen LogP contribution >= 0.6 is 0 Å². The lowest BCUT2D eigenvalue weighted by molar-refractivity contribution is 0.581. The maximum absolute atomic E-state index is 11.0. The lowest BCUT2D eigenvalue weighted by atomic mass is 10.2. The summed E-state index contributed by atoms with van der Waals surface area (Å²) in [5, 5.41) is 11.2. The molecular weight excluding hydrogens is 316 g/mol. The molecule has 0 unspecified atom stereocenters. The van der Waals surface area contributed by atoms with Crippen molar-refractivity contribution in [2.75, 3.05) is 19.3 Å². The second-order valence-corrected chi connectivity index (χ2v) is 7.10. The summed E-state index contributed by atoms with van der Waals surface area (Å²) in [5.41, 5.74) is 2.61. The first kappa shape index (κ1) is 15.7. The van der Waals surface area contributed by atoms with Crippen LogP contribution < -0.4 is 10.0 Å². The molecule has 23 heavy (non-hydrogen) atoms. The van der Waals surface area contributed by atoms with Gasteiger partial charge in [0.2, 0.25) is 10.0 Å². The number of hydrogen-bond acceptors (Lipinski definition) is 5. The molecule has 0 aliphatic rings. The van der Waals surface area contributed by atoms with Crippen molar-refractivity contribution in [3.63, 3.8) is 0 Å². The lowest BCUT2D eigenvalue weighted by Crippen LogP contribution is -2.30. The van der Waals surface area contributed by atoms with E-state index in [-0.39, 0.29) is 0 Å². The molecule has 0 spiro atoms. The summed E-state index contributed by atoms with van der Waals surface area (Å²) in [5.74, 6) is 0.731. The van der Waals surface area contributed by atoms with Gasteiger partial charge in [-0.05, 0) is 12.1 Å². The number of nitrogens with one attached hydrogen (secondary N) is 3. The normalized spacial score (nSPS) is 12.0. The van der Waals surface area contributed by atoms with E-state index in [2.05, 4.69) is 20.2 Å². The Bertz CT molecular complexity index is 865. The van der Waals surface area contributed by atoms with Crippen LogP contribution in [0.25, 0.3) is 22.4 Å². The van der Waals surface area contributed by atoms with E-state index in [4.69, 9.17) is 4.42 Å². The molecule has 0 aliphatic heterocycles. The fourth-order valence-corrected chi connectivity index (χ4v) is 2.78. The first-order valence-electron chi connectivity index (χ1n) is 7.19. The Labute approximate surface area is 134 Å². The van der Waals surface area contributed by atoms with Crippen LogP contribution in [-0.2, 0) is 16.6 Å². The van der Waals surface area contributed by atoms with Gasteiger partial charge in [0.1, 0.15) is 11.3 Å². The van der Waals surface area contributed by atoms with Crippen LogP contribution in [0, 0.1) is 0 Å². The van der Waals surface area contributed by atoms with Crippen LogP contribution in [0.5, 0.6) is 0 Å². The van der Waals surface area contributed by atoms with Gasteiger partial charge in [0.05, 0.1) is 12.5 Å². The highest BCUT2D eigenvalue weighted by molar-refractivity contribution is 7.88. The van der Waals surface area contributed by atoms with E-state index in [9.17, 15) is 8.42 Å². The molecule has 2 aromatic heterocycles. The minimum Gasteiger partial charge on any atom is -0.454 e. The summed E-state index contributed by atoms with van der Waals surface area (Å²) in [6.07, 6.45) is 2.88. The van der Waals surface area contributed by atoms with Gasteiger partial charge in [-0.3, -0.25) is 5.10 Å². The van der Waals surface area contributed by atoms with Gasteiger partial charge in [-0.1, -0.05) is 18.2 Å². The molecule has 7 nitrogen and oxygen atoms in total. The Morgan fingerprint density at radius 3 is 2.87 bits per heavy atom. The Morgan fingerprint density at radius 2 is 2.09 bits per heavy atom. The first-order valence-corrected chi connectivity index (χ1v) is 9.08. The van der Waals surface area contributed by atoms with Crippen LogP contribution in [0.2, 0.25) is 0 Å². The number of benzene rings is 1. The van der Waals surface area contributed by atoms with E-state index in [1.807, 2.05) is 30.3 Å². The minimum atomic E-state index is -3.15. The molecule has 1 aromatic carbocycles. The third-order valence-corrected chi connectivity index (χ3v) is 4.10. The van der Waals surface area contributed by atoms with Crippen LogP contribution in [-0.4, -0.2) is 38.0 Å². The van der Waals surface area contributed by atoms with E-state index in [0.29, 0.717) is 19.6 Å². The average Bonchev–Trinajstić information content (AvgIpc) is 3.11. The minimum absolute atomic E-state index is 0.344. The van der Waals surface area contributed by atoms with Crippen molar-refractivity contribution in [3.05, 3.63) is 42.1 Å². The number of nitrogens with zero attached hydrogens (tertiary/aromatic N) is 1. The predicted molar refractivity (Wildman–Crippen MR) is 88.3 cm³/mol. The molecule has 0 bridgehead atoms. The molecule has 0 amide bonds. The van der Waals surface area contributed by atoms with E-state index >= 15 is 0 Å². The van der Waals surface area contributed by atoms with Crippen molar-refractivity contribution in [3.8, 4) is 11.5 Å². The second kappa shape index (κ2) is 6.53. The smallest absolute Gasteiger partial charge is 0.208 e. The first-order chi connectivity index (χ1) is 11.0. The van der Waals surface area contributed by atoms with Gasteiger partial charge in [0.15, 0.2) is 5.76 Å². The highest BCUT2D eigenvalue weighted by Gasteiger charge is 2.12. The number of hydrogen-bond donors (Lipinski definition) is 3. The highest BCUT2D eigenvalue weighted by atomic mass is 32.2. The van der Waals surface area contributed by atoms with Crippen molar-refractivity contribution in [2.45, 2.75) is 6.54 Å². The van der Waals surface area contributed by atoms with Gasteiger partial charge in [0, 0.05) is 30.6 Å². The van der Waals surface area contributed by atoms with Crippen LogP contribution in [0.4, 0.5) is 0 Å². The SMILES string of the molecule is CS(=O)(=O)NCCNCc1cn[nH]c1-c1cc2ccccc2o1. The zero-order chi connectivity index (χ0) is 16.3. The van der Waals surface area contributed by atoms with E-state index in [0.717, 1.165) is 34.2 Å². The Hall–Kier alpha value is -2.16. The highest BCUT2D eigenvalue weighted by Crippen LogP contribution is 2.28. The predicted octanol–water partition coefficient (Wildman–Crippen LogP) is 1.46. The van der Waals surface area contributed by atoms with Gasteiger partial charge in [-0.25, -0.2) is 13.1 Å². The van der Waals surface area contributed by atoms with Crippen LogP contribution in [0.1, 0.15) is 5.56 Å². The molecule has 8 heteroatoms. The summed E-state index contributed by atoms with van der Waals surface area (Å²) in [6, 6.07) is 9.78.